The van der Waals surface area contributed by atoms with Crippen molar-refractivity contribution in [2.24, 2.45) is 0 Å². The third-order valence-electron chi connectivity index (χ3n) is 2.49. The monoisotopic (exact) mass is 307 g/mol. The summed E-state index contributed by atoms with van der Waals surface area (Å²) in [5, 5.41) is 15.1. The highest BCUT2D eigenvalue weighted by molar-refractivity contribution is 7.94. The highest BCUT2D eigenvalue weighted by Gasteiger charge is 2.15. The van der Waals surface area contributed by atoms with E-state index in [-0.39, 0.29) is 4.21 Å². The van der Waals surface area contributed by atoms with Crippen molar-refractivity contribution in [3.63, 3.8) is 0 Å². The number of hydrogen-bond donors (Lipinski definition) is 2. The molecule has 7 nitrogen and oxygen atoms in total. The molecule has 2 heterocycles. The van der Waals surface area contributed by atoms with Gasteiger partial charge in [0.05, 0.1) is 0 Å². The van der Waals surface area contributed by atoms with Crippen LogP contribution in [0.1, 0.15) is 0 Å². The molecule has 0 amide bonds. The molecule has 0 radical (unpaired) electrons. The second-order valence-corrected chi connectivity index (χ2v) is 6.73. The Labute approximate surface area is 118 Å². The van der Waals surface area contributed by atoms with Crippen molar-refractivity contribution in [1.29, 1.82) is 0 Å². The van der Waals surface area contributed by atoms with Crippen LogP contribution in [0.2, 0.25) is 0 Å². The summed E-state index contributed by atoms with van der Waals surface area (Å²) in [5.41, 5.74) is 1.15. The number of H-pyrrole nitrogens is 1. The number of sulfonamides is 1. The normalized spacial score (nSPS) is 11.4. The van der Waals surface area contributed by atoms with Gasteiger partial charge in [-0.2, -0.15) is 0 Å². The SMILES string of the molecule is O=S(=O)(Nc1cccc(-c2nnn[nH]2)c1)c1cccs1. The molecule has 0 saturated carbocycles. The molecule has 1 aromatic carbocycles. The minimum atomic E-state index is -3.55. The maximum atomic E-state index is 12.1. The summed E-state index contributed by atoms with van der Waals surface area (Å²) in [6.07, 6.45) is 0. The molecular formula is C11H9N5O2S2. The largest absolute Gasteiger partial charge is 0.279 e. The van der Waals surface area contributed by atoms with Crippen LogP contribution in [0.15, 0.2) is 46.0 Å². The summed E-state index contributed by atoms with van der Waals surface area (Å²) >= 11 is 1.16. The van der Waals surface area contributed by atoms with Gasteiger partial charge >= 0.3 is 0 Å². The summed E-state index contributed by atoms with van der Waals surface area (Å²) in [6, 6.07) is 10.1. The predicted octanol–water partition coefficient (Wildman–Crippen LogP) is 1.73. The summed E-state index contributed by atoms with van der Waals surface area (Å²) in [5.74, 6) is 0.474. The van der Waals surface area contributed by atoms with Crippen molar-refractivity contribution in [3.05, 3.63) is 41.8 Å². The van der Waals surface area contributed by atoms with Gasteiger partial charge in [0.15, 0.2) is 5.82 Å². The number of nitrogens with one attached hydrogen (secondary N) is 2. The number of hydrogen-bond acceptors (Lipinski definition) is 6. The second-order valence-electron chi connectivity index (χ2n) is 3.87. The molecular weight excluding hydrogens is 298 g/mol. The number of tetrazole rings is 1. The third-order valence-corrected chi connectivity index (χ3v) is 5.27. The fraction of sp³-hybridized carbons (Fsp3) is 0. The summed E-state index contributed by atoms with van der Waals surface area (Å²) in [4.78, 5) is 0. The summed E-state index contributed by atoms with van der Waals surface area (Å²) < 4.78 is 27.0. The molecule has 0 aliphatic rings. The van der Waals surface area contributed by atoms with E-state index in [0.29, 0.717) is 17.1 Å². The third kappa shape index (κ3) is 2.53. The lowest BCUT2D eigenvalue weighted by Gasteiger charge is -2.07. The maximum Gasteiger partial charge on any atom is 0.271 e. The van der Waals surface area contributed by atoms with E-state index in [4.69, 9.17) is 0 Å². The first-order chi connectivity index (χ1) is 9.65. The molecule has 0 bridgehead atoms. The number of benzene rings is 1. The van der Waals surface area contributed by atoms with E-state index < -0.39 is 10.0 Å². The van der Waals surface area contributed by atoms with Crippen LogP contribution < -0.4 is 4.72 Å². The molecule has 0 unspecified atom stereocenters. The van der Waals surface area contributed by atoms with Gasteiger partial charge in [0.1, 0.15) is 4.21 Å². The summed E-state index contributed by atoms with van der Waals surface area (Å²) in [6.45, 7) is 0. The van der Waals surface area contributed by atoms with Crippen molar-refractivity contribution in [2.45, 2.75) is 4.21 Å². The van der Waals surface area contributed by atoms with Gasteiger partial charge in [0.2, 0.25) is 0 Å². The number of nitrogens with zero attached hydrogens (tertiary/aromatic N) is 3. The van der Waals surface area contributed by atoms with Gasteiger partial charge in [-0.1, -0.05) is 18.2 Å². The minimum absolute atomic E-state index is 0.268. The quantitative estimate of drug-likeness (QED) is 0.764. The highest BCUT2D eigenvalue weighted by atomic mass is 32.2. The van der Waals surface area contributed by atoms with Crippen LogP contribution in [0.5, 0.6) is 0 Å². The second kappa shape index (κ2) is 5.02. The highest BCUT2D eigenvalue weighted by Crippen LogP contribution is 2.23. The van der Waals surface area contributed by atoms with E-state index in [1.807, 2.05) is 0 Å². The average molecular weight is 307 g/mol. The predicted molar refractivity (Wildman–Crippen MR) is 74.7 cm³/mol. The number of thiophene rings is 1. The Morgan fingerprint density at radius 2 is 2.10 bits per heavy atom. The van der Waals surface area contributed by atoms with Crippen LogP contribution >= 0.6 is 11.3 Å². The Hall–Kier alpha value is -2.26. The van der Waals surface area contributed by atoms with Gasteiger partial charge in [-0.15, -0.1) is 16.4 Å². The van der Waals surface area contributed by atoms with Crippen LogP contribution in [0.3, 0.4) is 0 Å². The van der Waals surface area contributed by atoms with Crippen LogP contribution in [-0.2, 0) is 10.0 Å². The number of anilines is 1. The number of aromatic amines is 1. The molecule has 0 saturated heterocycles. The van der Waals surface area contributed by atoms with Crippen molar-refractivity contribution < 1.29 is 8.42 Å². The van der Waals surface area contributed by atoms with Gasteiger partial charge in [-0.25, -0.2) is 13.5 Å². The molecule has 20 heavy (non-hydrogen) atoms. The van der Waals surface area contributed by atoms with Gasteiger partial charge < -0.3 is 0 Å². The van der Waals surface area contributed by atoms with Crippen LogP contribution in [-0.4, -0.2) is 29.0 Å². The molecule has 3 rings (SSSR count). The molecule has 2 N–H and O–H groups in total. The fourth-order valence-electron chi connectivity index (χ4n) is 1.63. The first kappa shape index (κ1) is 12.8. The fourth-order valence-corrected chi connectivity index (χ4v) is 3.68. The van der Waals surface area contributed by atoms with Crippen LogP contribution in [0.25, 0.3) is 11.4 Å². The summed E-state index contributed by atoms with van der Waals surface area (Å²) in [7, 11) is -3.55. The van der Waals surface area contributed by atoms with Gasteiger partial charge in [-0.3, -0.25) is 4.72 Å². The topological polar surface area (TPSA) is 101 Å². The lowest BCUT2D eigenvalue weighted by Crippen LogP contribution is -2.11. The molecule has 0 fully saturated rings. The average Bonchev–Trinajstić information content (AvgIpc) is 3.12. The van der Waals surface area contributed by atoms with Gasteiger partial charge in [-0.05, 0) is 34.0 Å². The molecule has 9 heteroatoms. The Balaban J connectivity index is 1.91. The van der Waals surface area contributed by atoms with E-state index in [1.165, 1.54) is 0 Å². The molecule has 102 valence electrons. The zero-order valence-electron chi connectivity index (χ0n) is 10.0. The Bertz CT molecular complexity index is 797. The van der Waals surface area contributed by atoms with Crippen molar-refractivity contribution in [2.75, 3.05) is 4.72 Å². The molecule has 3 aromatic rings. The Kier molecular flexibility index (Phi) is 3.20. The zero-order valence-corrected chi connectivity index (χ0v) is 11.6. The smallest absolute Gasteiger partial charge is 0.271 e. The molecule has 0 spiro atoms. The lowest BCUT2D eigenvalue weighted by atomic mass is 10.2. The molecule has 2 aromatic heterocycles. The van der Waals surface area contributed by atoms with Crippen molar-refractivity contribution >= 4 is 27.0 Å². The first-order valence-electron chi connectivity index (χ1n) is 5.56. The molecule has 0 aliphatic heterocycles. The molecule has 0 aliphatic carbocycles. The molecule has 0 atom stereocenters. The number of rotatable bonds is 4. The van der Waals surface area contributed by atoms with E-state index in [1.54, 1.807) is 41.8 Å². The number of aromatic nitrogens is 4. The van der Waals surface area contributed by atoms with Gasteiger partial charge in [0.25, 0.3) is 10.0 Å². The van der Waals surface area contributed by atoms with E-state index in [0.717, 1.165) is 11.3 Å². The Morgan fingerprint density at radius 3 is 2.80 bits per heavy atom. The first-order valence-corrected chi connectivity index (χ1v) is 7.92. The maximum absolute atomic E-state index is 12.1. The Morgan fingerprint density at radius 1 is 1.20 bits per heavy atom. The van der Waals surface area contributed by atoms with Crippen LogP contribution in [0, 0.1) is 0 Å². The van der Waals surface area contributed by atoms with Crippen molar-refractivity contribution in [1.82, 2.24) is 20.6 Å². The van der Waals surface area contributed by atoms with E-state index in [2.05, 4.69) is 25.3 Å². The standard InChI is InChI=1S/C11H9N5O2S2/c17-20(18,10-5-2-6-19-10)14-9-4-1-3-8(7-9)11-12-15-16-13-11/h1-7,14H,(H,12,13,15,16). The van der Waals surface area contributed by atoms with Gasteiger partial charge in [0, 0.05) is 11.3 Å². The van der Waals surface area contributed by atoms with E-state index >= 15 is 0 Å². The minimum Gasteiger partial charge on any atom is -0.279 e. The van der Waals surface area contributed by atoms with Crippen LogP contribution in [0.4, 0.5) is 5.69 Å². The zero-order chi connectivity index (χ0) is 14.0. The van der Waals surface area contributed by atoms with E-state index in [9.17, 15) is 8.42 Å². The lowest BCUT2D eigenvalue weighted by molar-refractivity contribution is 0.603. The van der Waals surface area contributed by atoms with Crippen molar-refractivity contribution in [3.8, 4) is 11.4 Å².